The molecule has 0 saturated carbocycles. The molecule has 1 aromatic heterocycles. The van der Waals surface area contributed by atoms with E-state index in [1.807, 2.05) is 20.8 Å². The summed E-state index contributed by atoms with van der Waals surface area (Å²) in [6.45, 7) is 8.15. The fourth-order valence-corrected chi connectivity index (χ4v) is 1.50. The molecule has 1 atom stereocenters. The molecule has 96 valence electrons. The van der Waals surface area contributed by atoms with Gasteiger partial charge in [-0.05, 0) is 13.3 Å². The van der Waals surface area contributed by atoms with Gasteiger partial charge in [-0.25, -0.2) is 4.98 Å². The molecule has 0 spiro atoms. The van der Waals surface area contributed by atoms with Crippen molar-refractivity contribution in [1.82, 2.24) is 20.5 Å². The Morgan fingerprint density at radius 2 is 2.12 bits per heavy atom. The predicted molar refractivity (Wildman–Crippen MR) is 66.9 cm³/mol. The number of hydrogen-bond donors (Lipinski definition) is 2. The number of unbranched alkanes of at least 4 members (excludes halogenated alkanes) is 1. The van der Waals surface area contributed by atoms with Crippen LogP contribution in [0.25, 0.3) is 0 Å². The number of aromatic amines is 1. The molecule has 2 N–H and O–H groups in total. The Hall–Kier alpha value is -1.39. The molecular weight excluding hydrogens is 216 g/mol. The molecule has 1 heterocycles. The summed E-state index contributed by atoms with van der Waals surface area (Å²) in [4.78, 5) is 16.0. The van der Waals surface area contributed by atoms with Gasteiger partial charge in [0.1, 0.15) is 5.82 Å². The summed E-state index contributed by atoms with van der Waals surface area (Å²) in [7, 11) is 0. The highest BCUT2D eigenvalue weighted by atomic mass is 16.2. The topological polar surface area (TPSA) is 70.7 Å². The molecule has 1 amide bonds. The van der Waals surface area contributed by atoms with Gasteiger partial charge in [0.15, 0.2) is 0 Å². The summed E-state index contributed by atoms with van der Waals surface area (Å²) in [6.07, 6.45) is 3.24. The molecule has 0 aliphatic rings. The molecule has 0 fully saturated rings. The predicted octanol–water partition coefficient (Wildman–Crippen LogP) is 2.24. The van der Waals surface area contributed by atoms with E-state index in [-0.39, 0.29) is 23.7 Å². The summed E-state index contributed by atoms with van der Waals surface area (Å²) in [5, 5.41) is 9.60. The highest BCUT2D eigenvalue weighted by Gasteiger charge is 2.15. The van der Waals surface area contributed by atoms with Gasteiger partial charge in [0.2, 0.25) is 5.82 Å². The third-order valence-corrected chi connectivity index (χ3v) is 2.62. The standard InChI is InChI=1S/C12H22N4O/c1-5-6-7-9(4)13-12(17)11-14-10(8(2)3)15-16-11/h8-9H,5-7H2,1-4H3,(H,13,17)(H,14,15,16). The highest BCUT2D eigenvalue weighted by Crippen LogP contribution is 2.08. The molecule has 1 rings (SSSR count). The lowest BCUT2D eigenvalue weighted by molar-refractivity contribution is 0.0928. The average molecular weight is 238 g/mol. The largest absolute Gasteiger partial charge is 0.347 e. The summed E-state index contributed by atoms with van der Waals surface area (Å²) in [5.41, 5.74) is 0. The van der Waals surface area contributed by atoms with Gasteiger partial charge in [0, 0.05) is 12.0 Å². The Balaban J connectivity index is 2.51. The number of rotatable bonds is 6. The SMILES string of the molecule is CCCCC(C)NC(=O)c1n[nH]c(C(C)C)n1. The second-order valence-corrected chi connectivity index (χ2v) is 4.72. The summed E-state index contributed by atoms with van der Waals surface area (Å²) >= 11 is 0. The number of H-pyrrole nitrogens is 1. The molecule has 17 heavy (non-hydrogen) atoms. The maximum atomic E-state index is 11.8. The van der Waals surface area contributed by atoms with E-state index in [4.69, 9.17) is 0 Å². The van der Waals surface area contributed by atoms with Gasteiger partial charge < -0.3 is 5.32 Å². The minimum atomic E-state index is -0.197. The monoisotopic (exact) mass is 238 g/mol. The van der Waals surface area contributed by atoms with E-state index in [0.29, 0.717) is 0 Å². The second kappa shape index (κ2) is 6.37. The molecule has 0 bridgehead atoms. The number of hydrogen-bond acceptors (Lipinski definition) is 3. The molecular formula is C12H22N4O. The van der Waals surface area contributed by atoms with Crippen LogP contribution >= 0.6 is 0 Å². The maximum Gasteiger partial charge on any atom is 0.291 e. The van der Waals surface area contributed by atoms with Crippen LogP contribution in [0.1, 0.15) is 69.3 Å². The Labute approximate surface area is 102 Å². The molecule has 0 aliphatic heterocycles. The quantitative estimate of drug-likeness (QED) is 0.798. The Bertz CT molecular complexity index is 359. The summed E-state index contributed by atoms with van der Waals surface area (Å²) in [5.74, 6) is 1.03. The van der Waals surface area contributed by atoms with Crippen molar-refractivity contribution in [2.45, 2.75) is 58.9 Å². The van der Waals surface area contributed by atoms with Crippen LogP contribution in [-0.4, -0.2) is 27.1 Å². The first-order chi connectivity index (χ1) is 8.04. The molecule has 5 nitrogen and oxygen atoms in total. The summed E-state index contributed by atoms with van der Waals surface area (Å²) < 4.78 is 0. The van der Waals surface area contributed by atoms with Crippen LogP contribution in [-0.2, 0) is 0 Å². The number of amides is 1. The first kappa shape index (κ1) is 13.7. The van der Waals surface area contributed by atoms with Gasteiger partial charge in [0.05, 0.1) is 0 Å². The van der Waals surface area contributed by atoms with E-state index >= 15 is 0 Å². The van der Waals surface area contributed by atoms with E-state index in [0.717, 1.165) is 25.1 Å². The van der Waals surface area contributed by atoms with Gasteiger partial charge in [-0.15, -0.1) is 5.10 Å². The van der Waals surface area contributed by atoms with Gasteiger partial charge >= 0.3 is 0 Å². The maximum absolute atomic E-state index is 11.8. The zero-order chi connectivity index (χ0) is 12.8. The number of carbonyl (C=O) groups excluding carboxylic acids is 1. The van der Waals surface area contributed by atoms with Crippen LogP contribution in [0.3, 0.4) is 0 Å². The second-order valence-electron chi connectivity index (χ2n) is 4.72. The summed E-state index contributed by atoms with van der Waals surface area (Å²) in [6, 6.07) is 0.170. The number of nitrogens with zero attached hydrogens (tertiary/aromatic N) is 2. The number of carbonyl (C=O) groups is 1. The van der Waals surface area contributed by atoms with E-state index in [2.05, 4.69) is 27.4 Å². The highest BCUT2D eigenvalue weighted by molar-refractivity contribution is 5.90. The average Bonchev–Trinajstić information content (AvgIpc) is 2.75. The normalized spacial score (nSPS) is 12.8. The first-order valence-corrected chi connectivity index (χ1v) is 6.27. The molecule has 0 saturated heterocycles. The number of nitrogens with one attached hydrogen (secondary N) is 2. The van der Waals surface area contributed by atoms with E-state index in [1.165, 1.54) is 0 Å². The van der Waals surface area contributed by atoms with Crippen molar-refractivity contribution in [1.29, 1.82) is 0 Å². The van der Waals surface area contributed by atoms with Crippen molar-refractivity contribution in [3.63, 3.8) is 0 Å². The first-order valence-electron chi connectivity index (χ1n) is 6.27. The molecule has 0 radical (unpaired) electrons. The van der Waals surface area contributed by atoms with Crippen LogP contribution in [0.15, 0.2) is 0 Å². The van der Waals surface area contributed by atoms with Crippen molar-refractivity contribution < 1.29 is 4.79 Å². The van der Waals surface area contributed by atoms with Gasteiger partial charge in [-0.3, -0.25) is 9.89 Å². The van der Waals surface area contributed by atoms with E-state index in [9.17, 15) is 4.79 Å². The Morgan fingerprint density at radius 1 is 1.41 bits per heavy atom. The molecule has 5 heteroatoms. The smallest absolute Gasteiger partial charge is 0.291 e. The Morgan fingerprint density at radius 3 is 2.65 bits per heavy atom. The van der Waals surface area contributed by atoms with Crippen LogP contribution in [0.5, 0.6) is 0 Å². The zero-order valence-corrected chi connectivity index (χ0v) is 11.1. The van der Waals surface area contributed by atoms with Gasteiger partial charge in [-0.2, -0.15) is 0 Å². The van der Waals surface area contributed by atoms with Crippen LogP contribution < -0.4 is 5.32 Å². The minimum Gasteiger partial charge on any atom is -0.347 e. The van der Waals surface area contributed by atoms with E-state index < -0.39 is 0 Å². The number of aromatic nitrogens is 3. The molecule has 0 aromatic carbocycles. The molecule has 1 unspecified atom stereocenters. The third kappa shape index (κ3) is 4.17. The lowest BCUT2D eigenvalue weighted by Crippen LogP contribution is -2.33. The Kier molecular flexibility index (Phi) is 5.12. The zero-order valence-electron chi connectivity index (χ0n) is 11.1. The molecule has 0 aliphatic carbocycles. The van der Waals surface area contributed by atoms with Gasteiger partial charge in [-0.1, -0.05) is 33.6 Å². The minimum absolute atomic E-state index is 0.170. The fraction of sp³-hybridized carbons (Fsp3) is 0.750. The third-order valence-electron chi connectivity index (χ3n) is 2.62. The van der Waals surface area contributed by atoms with Gasteiger partial charge in [0.25, 0.3) is 5.91 Å². The van der Waals surface area contributed by atoms with Crippen molar-refractivity contribution in [2.75, 3.05) is 0 Å². The van der Waals surface area contributed by atoms with Crippen molar-refractivity contribution in [2.24, 2.45) is 0 Å². The molecule has 1 aromatic rings. The van der Waals surface area contributed by atoms with Crippen molar-refractivity contribution >= 4 is 5.91 Å². The van der Waals surface area contributed by atoms with Crippen LogP contribution in [0.4, 0.5) is 0 Å². The van der Waals surface area contributed by atoms with Crippen LogP contribution in [0, 0.1) is 0 Å². The fourth-order valence-electron chi connectivity index (χ4n) is 1.50. The lowest BCUT2D eigenvalue weighted by atomic mass is 10.1. The van der Waals surface area contributed by atoms with E-state index in [1.54, 1.807) is 0 Å². The van der Waals surface area contributed by atoms with Crippen LogP contribution in [0.2, 0.25) is 0 Å². The van der Waals surface area contributed by atoms with Crippen molar-refractivity contribution in [3.8, 4) is 0 Å². The van der Waals surface area contributed by atoms with Crippen molar-refractivity contribution in [3.05, 3.63) is 11.6 Å². The lowest BCUT2D eigenvalue weighted by Gasteiger charge is -2.11.